The molecule has 2 aliphatic heterocycles. The highest BCUT2D eigenvalue weighted by Gasteiger charge is 2.55. The number of amides is 4. The van der Waals surface area contributed by atoms with E-state index in [0.29, 0.717) is 5.56 Å². The van der Waals surface area contributed by atoms with Gasteiger partial charge in [-0.1, -0.05) is 18.2 Å². The Labute approximate surface area is 189 Å². The zero-order valence-electron chi connectivity index (χ0n) is 18.1. The second-order valence-corrected chi connectivity index (χ2v) is 9.30. The van der Waals surface area contributed by atoms with Gasteiger partial charge in [0.1, 0.15) is 22.7 Å². The van der Waals surface area contributed by atoms with Gasteiger partial charge in [-0.3, -0.25) is 34.9 Å². The first-order valence-electron chi connectivity index (χ1n) is 9.83. The van der Waals surface area contributed by atoms with E-state index in [1.807, 2.05) is 0 Å². The Morgan fingerprint density at radius 2 is 1.72 bits per heavy atom. The molecular formula is C21H24N4O6S. The van der Waals surface area contributed by atoms with Crippen LogP contribution in [0.2, 0.25) is 0 Å². The maximum Gasteiger partial charge on any atom is 0.356 e. The van der Waals surface area contributed by atoms with Crippen LogP contribution in [0.25, 0.3) is 0 Å². The van der Waals surface area contributed by atoms with Gasteiger partial charge in [-0.05, 0) is 32.9 Å². The van der Waals surface area contributed by atoms with Gasteiger partial charge in [0, 0.05) is 18.2 Å². The standard InChI is InChI=1S/C21H24N4O6S/c1-11(26)23-24-17(28)13-10-32-19-14(22-16(27)12-8-6-5-7-9-12)18(29)25(19)15(13)20(30)31-21(2,3)4/h5-9,14,19H,10H2,1-4H3,(H,22,27)(H,23,26)(H,24,28)/t14?,19-/m0/s1. The molecular weight excluding hydrogens is 436 g/mol. The molecule has 1 saturated heterocycles. The number of hydrazine groups is 1. The fraction of sp³-hybridized carbons (Fsp3) is 0.381. The lowest BCUT2D eigenvalue weighted by Crippen LogP contribution is -2.71. The van der Waals surface area contributed by atoms with E-state index >= 15 is 0 Å². The molecule has 1 unspecified atom stereocenters. The van der Waals surface area contributed by atoms with E-state index in [-0.39, 0.29) is 17.0 Å². The molecule has 2 atom stereocenters. The maximum absolute atomic E-state index is 12.9. The molecule has 0 bridgehead atoms. The molecule has 32 heavy (non-hydrogen) atoms. The number of thioether (sulfide) groups is 1. The van der Waals surface area contributed by atoms with Crippen LogP contribution in [0.4, 0.5) is 0 Å². The summed E-state index contributed by atoms with van der Waals surface area (Å²) in [6.07, 6.45) is 0. The number of rotatable bonds is 4. The van der Waals surface area contributed by atoms with E-state index in [1.54, 1.807) is 51.1 Å². The molecule has 2 heterocycles. The van der Waals surface area contributed by atoms with E-state index < -0.39 is 46.6 Å². The molecule has 0 saturated carbocycles. The van der Waals surface area contributed by atoms with Crippen LogP contribution in [0.1, 0.15) is 38.1 Å². The van der Waals surface area contributed by atoms with Gasteiger partial charge < -0.3 is 10.1 Å². The van der Waals surface area contributed by atoms with Crippen LogP contribution in [0.3, 0.4) is 0 Å². The molecule has 3 rings (SSSR count). The lowest BCUT2D eigenvalue weighted by atomic mass is 10.0. The second-order valence-electron chi connectivity index (χ2n) is 8.19. The van der Waals surface area contributed by atoms with E-state index in [2.05, 4.69) is 16.2 Å². The van der Waals surface area contributed by atoms with Crippen molar-refractivity contribution in [2.45, 2.75) is 44.7 Å². The normalized spacial score (nSPS) is 20.0. The average molecular weight is 461 g/mol. The Balaban J connectivity index is 1.86. The van der Waals surface area contributed by atoms with Crippen LogP contribution in [0.15, 0.2) is 41.6 Å². The largest absolute Gasteiger partial charge is 0.455 e. The number of nitrogens with one attached hydrogen (secondary N) is 3. The summed E-state index contributed by atoms with van der Waals surface area (Å²) in [5, 5.41) is 2.12. The molecule has 3 N–H and O–H groups in total. The summed E-state index contributed by atoms with van der Waals surface area (Å²) in [5.41, 5.74) is 3.72. The third kappa shape index (κ3) is 4.93. The molecule has 11 heteroatoms. The second kappa shape index (κ2) is 9.03. The third-order valence-corrected chi connectivity index (χ3v) is 5.79. The van der Waals surface area contributed by atoms with E-state index in [1.165, 1.54) is 23.6 Å². The highest BCUT2D eigenvalue weighted by atomic mass is 32.2. The van der Waals surface area contributed by atoms with Crippen LogP contribution < -0.4 is 16.2 Å². The van der Waals surface area contributed by atoms with E-state index in [0.717, 1.165) is 0 Å². The third-order valence-electron chi connectivity index (χ3n) is 4.51. The molecule has 0 spiro atoms. The fourth-order valence-corrected chi connectivity index (χ4v) is 4.48. The predicted molar refractivity (Wildman–Crippen MR) is 116 cm³/mol. The summed E-state index contributed by atoms with van der Waals surface area (Å²) in [7, 11) is 0. The first-order chi connectivity index (χ1) is 15.0. The smallest absolute Gasteiger partial charge is 0.356 e. The SMILES string of the molecule is CC(=O)NNC(=O)C1=C(C(=O)OC(C)(C)C)N2C(=O)C(NC(=O)c3ccccc3)[C@@H]2SC1. The molecule has 1 aromatic rings. The zero-order valence-corrected chi connectivity index (χ0v) is 18.9. The van der Waals surface area contributed by atoms with Crippen molar-refractivity contribution in [1.82, 2.24) is 21.1 Å². The minimum Gasteiger partial charge on any atom is -0.455 e. The first kappa shape index (κ1) is 23.3. The molecule has 0 radical (unpaired) electrons. The molecule has 10 nitrogen and oxygen atoms in total. The maximum atomic E-state index is 12.9. The molecule has 0 aliphatic carbocycles. The lowest BCUT2D eigenvalue weighted by Gasteiger charge is -2.49. The van der Waals surface area contributed by atoms with Gasteiger partial charge in [-0.25, -0.2) is 4.79 Å². The number of carbonyl (C=O) groups excluding carboxylic acids is 5. The van der Waals surface area contributed by atoms with Crippen molar-refractivity contribution in [3.63, 3.8) is 0 Å². The summed E-state index contributed by atoms with van der Waals surface area (Å²) in [6, 6.07) is 7.59. The van der Waals surface area contributed by atoms with Gasteiger partial charge in [0.15, 0.2) is 0 Å². The summed E-state index contributed by atoms with van der Waals surface area (Å²) >= 11 is 1.22. The van der Waals surface area contributed by atoms with Crippen LogP contribution in [0, 0.1) is 0 Å². The molecule has 170 valence electrons. The van der Waals surface area contributed by atoms with Crippen molar-refractivity contribution in [2.24, 2.45) is 0 Å². The Morgan fingerprint density at radius 1 is 1.06 bits per heavy atom. The van der Waals surface area contributed by atoms with Gasteiger partial charge >= 0.3 is 5.97 Å². The summed E-state index contributed by atoms with van der Waals surface area (Å²) in [4.78, 5) is 63.2. The van der Waals surface area contributed by atoms with Gasteiger partial charge in [0.25, 0.3) is 17.7 Å². The summed E-state index contributed by atoms with van der Waals surface area (Å²) in [5.74, 6) is -2.93. The van der Waals surface area contributed by atoms with Gasteiger partial charge in [0.05, 0.1) is 5.57 Å². The molecule has 2 aliphatic rings. The number of hydrogen-bond acceptors (Lipinski definition) is 7. The molecule has 0 aromatic heterocycles. The average Bonchev–Trinajstić information content (AvgIpc) is 2.73. The Kier molecular flexibility index (Phi) is 6.58. The number of carbonyl (C=O) groups is 5. The van der Waals surface area contributed by atoms with Crippen molar-refractivity contribution < 1.29 is 28.7 Å². The zero-order chi connectivity index (χ0) is 23.6. The Bertz CT molecular complexity index is 1000. The highest BCUT2D eigenvalue weighted by Crippen LogP contribution is 2.41. The van der Waals surface area contributed by atoms with Crippen molar-refractivity contribution in [3.05, 3.63) is 47.2 Å². The van der Waals surface area contributed by atoms with Crippen molar-refractivity contribution in [3.8, 4) is 0 Å². The van der Waals surface area contributed by atoms with Gasteiger partial charge in [0.2, 0.25) is 5.91 Å². The Hall–Kier alpha value is -3.34. The van der Waals surface area contributed by atoms with Gasteiger partial charge in [-0.15, -0.1) is 11.8 Å². The Morgan fingerprint density at radius 3 is 2.31 bits per heavy atom. The number of hydrogen-bond donors (Lipinski definition) is 3. The minimum atomic E-state index is -0.863. The number of esters is 1. The highest BCUT2D eigenvalue weighted by molar-refractivity contribution is 8.00. The van der Waals surface area contributed by atoms with Gasteiger partial charge in [-0.2, -0.15) is 0 Å². The van der Waals surface area contributed by atoms with E-state index in [9.17, 15) is 24.0 Å². The first-order valence-corrected chi connectivity index (χ1v) is 10.9. The summed E-state index contributed by atoms with van der Waals surface area (Å²) < 4.78 is 5.42. The topological polar surface area (TPSA) is 134 Å². The summed E-state index contributed by atoms with van der Waals surface area (Å²) in [6.45, 7) is 6.21. The minimum absolute atomic E-state index is 0.00423. The molecule has 1 fully saturated rings. The van der Waals surface area contributed by atoms with Crippen LogP contribution in [-0.4, -0.2) is 57.3 Å². The van der Waals surface area contributed by atoms with Crippen molar-refractivity contribution in [2.75, 3.05) is 5.75 Å². The molecule has 4 amide bonds. The molecule has 1 aromatic carbocycles. The van der Waals surface area contributed by atoms with Crippen LogP contribution in [0.5, 0.6) is 0 Å². The van der Waals surface area contributed by atoms with Crippen molar-refractivity contribution in [1.29, 1.82) is 0 Å². The van der Waals surface area contributed by atoms with Crippen LogP contribution in [-0.2, 0) is 23.9 Å². The number of ether oxygens (including phenoxy) is 1. The predicted octanol–water partition coefficient (Wildman–Crippen LogP) is 0.463. The fourth-order valence-electron chi connectivity index (χ4n) is 3.14. The number of fused-ring (bicyclic) bond motifs is 1. The van der Waals surface area contributed by atoms with E-state index in [4.69, 9.17) is 4.74 Å². The lowest BCUT2D eigenvalue weighted by molar-refractivity contribution is -0.158. The monoisotopic (exact) mass is 460 g/mol. The van der Waals surface area contributed by atoms with Crippen molar-refractivity contribution >= 4 is 41.4 Å². The quantitative estimate of drug-likeness (QED) is 0.338. The number of β-lactam (4-membered cyclic amide) rings is 1. The number of benzene rings is 1. The number of nitrogens with zero attached hydrogens (tertiary/aromatic N) is 1. The van der Waals surface area contributed by atoms with Crippen LogP contribution >= 0.6 is 11.8 Å².